The predicted octanol–water partition coefficient (Wildman–Crippen LogP) is 8.58. The van der Waals surface area contributed by atoms with E-state index in [4.69, 9.17) is 0 Å². The van der Waals surface area contributed by atoms with Crippen molar-refractivity contribution in [3.63, 3.8) is 0 Å². The number of nitrogens with one attached hydrogen (secondary N) is 2. The van der Waals surface area contributed by atoms with Gasteiger partial charge in [0.05, 0.1) is 11.4 Å². The van der Waals surface area contributed by atoms with Gasteiger partial charge in [-0.1, -0.05) is 52.0 Å². The van der Waals surface area contributed by atoms with Crippen LogP contribution in [-0.4, -0.2) is 9.97 Å². The maximum atomic E-state index is 4.45. The van der Waals surface area contributed by atoms with Gasteiger partial charge >= 0.3 is 0 Å². The molecule has 2 aromatic carbocycles. The summed E-state index contributed by atoms with van der Waals surface area (Å²) in [6, 6.07) is 16.9. The predicted molar refractivity (Wildman–Crippen MR) is 151 cm³/mol. The van der Waals surface area contributed by atoms with Gasteiger partial charge in [0.2, 0.25) is 0 Å². The van der Waals surface area contributed by atoms with Crippen LogP contribution in [0.2, 0.25) is 0 Å². The van der Waals surface area contributed by atoms with Gasteiger partial charge in [-0.05, 0) is 109 Å². The van der Waals surface area contributed by atoms with Crippen molar-refractivity contribution in [3.05, 3.63) is 106 Å². The van der Waals surface area contributed by atoms with E-state index in [0.29, 0.717) is 0 Å². The van der Waals surface area contributed by atoms with Crippen LogP contribution in [0.3, 0.4) is 0 Å². The van der Waals surface area contributed by atoms with Gasteiger partial charge < -0.3 is 9.97 Å². The van der Waals surface area contributed by atoms with Crippen LogP contribution in [0.25, 0.3) is 0 Å². The molecular formula is C32H40N4. The molecule has 4 nitrogen and oxygen atoms in total. The Bertz CT molecular complexity index is 1160. The fraction of sp³-hybridized carbons (Fsp3) is 0.375. The van der Waals surface area contributed by atoms with E-state index in [1.807, 2.05) is 0 Å². The number of nitrogens with zero attached hydrogens (tertiary/aromatic N) is 2. The number of hydrogen-bond acceptors (Lipinski definition) is 2. The molecule has 0 spiro atoms. The highest BCUT2D eigenvalue weighted by Crippen LogP contribution is 2.22. The first kappa shape index (κ1) is 25.7. The first-order chi connectivity index (χ1) is 17.6. The summed E-state index contributed by atoms with van der Waals surface area (Å²) in [6.45, 7) is 8.93. The zero-order chi connectivity index (χ0) is 25.3. The minimum absolute atomic E-state index is 0.885. The number of aromatic amines is 2. The monoisotopic (exact) mass is 480 g/mol. The molecule has 0 unspecified atom stereocenters. The van der Waals surface area contributed by atoms with Crippen molar-refractivity contribution in [1.29, 1.82) is 0 Å². The van der Waals surface area contributed by atoms with Gasteiger partial charge in [-0.25, -0.2) is 0 Å². The summed E-state index contributed by atoms with van der Waals surface area (Å²) in [5, 5.41) is 8.90. The second-order valence-corrected chi connectivity index (χ2v) is 9.49. The van der Waals surface area contributed by atoms with Crippen LogP contribution in [0.5, 0.6) is 0 Å². The smallest absolute Gasteiger partial charge is 0.0857 e. The molecule has 0 aliphatic rings. The van der Waals surface area contributed by atoms with Crippen molar-refractivity contribution in [1.82, 2.24) is 9.97 Å². The lowest BCUT2D eigenvalue weighted by molar-refractivity contribution is 0.897. The highest BCUT2D eigenvalue weighted by atomic mass is 15.1. The van der Waals surface area contributed by atoms with E-state index in [-0.39, 0.29) is 0 Å². The van der Waals surface area contributed by atoms with Gasteiger partial charge in [0.15, 0.2) is 0 Å². The highest BCUT2D eigenvalue weighted by molar-refractivity contribution is 5.42. The summed E-state index contributed by atoms with van der Waals surface area (Å²) in [5.74, 6) is 0. The average molecular weight is 481 g/mol. The van der Waals surface area contributed by atoms with E-state index in [1.54, 1.807) is 0 Å². The van der Waals surface area contributed by atoms with E-state index in [2.05, 4.69) is 109 Å². The maximum absolute atomic E-state index is 4.45. The third kappa shape index (κ3) is 6.23. The molecule has 2 N–H and O–H groups in total. The molecule has 36 heavy (non-hydrogen) atoms. The van der Waals surface area contributed by atoms with E-state index < -0.39 is 0 Å². The largest absolute Gasteiger partial charge is 0.364 e. The molecule has 0 aliphatic carbocycles. The topological polar surface area (TPSA) is 56.3 Å². The van der Waals surface area contributed by atoms with Gasteiger partial charge in [-0.15, -0.1) is 0 Å². The molecule has 0 amide bonds. The first-order valence-electron chi connectivity index (χ1n) is 13.6. The quantitative estimate of drug-likeness (QED) is 0.191. The van der Waals surface area contributed by atoms with Gasteiger partial charge in [0.25, 0.3) is 0 Å². The van der Waals surface area contributed by atoms with Crippen molar-refractivity contribution < 1.29 is 0 Å². The lowest BCUT2D eigenvalue weighted by Crippen LogP contribution is -1.96. The Kier molecular flexibility index (Phi) is 8.94. The van der Waals surface area contributed by atoms with Gasteiger partial charge in [-0.3, -0.25) is 0 Å². The molecule has 2 aromatic heterocycles. The van der Waals surface area contributed by atoms with Crippen LogP contribution >= 0.6 is 0 Å². The number of rotatable bonds is 12. The normalized spacial score (nSPS) is 11.6. The van der Waals surface area contributed by atoms with Crippen molar-refractivity contribution in [2.75, 3.05) is 0 Å². The number of azo groups is 1. The summed E-state index contributed by atoms with van der Waals surface area (Å²) in [5.41, 5.74) is 13.1. The molecule has 4 aromatic rings. The van der Waals surface area contributed by atoms with E-state index in [9.17, 15) is 0 Å². The Morgan fingerprint density at radius 3 is 1.22 bits per heavy atom. The lowest BCUT2D eigenvalue weighted by atomic mass is 10.0. The van der Waals surface area contributed by atoms with Crippen molar-refractivity contribution in [2.24, 2.45) is 10.2 Å². The molecule has 0 radical (unpaired) electrons. The molecule has 2 heterocycles. The molecule has 0 bridgehead atoms. The molecule has 0 saturated carbocycles. The number of benzene rings is 2. The summed E-state index contributed by atoms with van der Waals surface area (Å²) in [4.78, 5) is 6.98. The van der Waals surface area contributed by atoms with Crippen LogP contribution in [0.15, 0.2) is 71.2 Å². The Hall–Kier alpha value is -3.40. The van der Waals surface area contributed by atoms with E-state index in [0.717, 1.165) is 62.7 Å². The van der Waals surface area contributed by atoms with Crippen molar-refractivity contribution in [3.8, 4) is 0 Å². The molecule has 0 fully saturated rings. The second kappa shape index (κ2) is 12.5. The van der Waals surface area contributed by atoms with Crippen molar-refractivity contribution >= 4 is 11.4 Å². The number of aryl methyl sites for hydroxylation is 6. The maximum Gasteiger partial charge on any atom is 0.0857 e. The van der Waals surface area contributed by atoms with E-state index in [1.165, 1.54) is 44.8 Å². The van der Waals surface area contributed by atoms with Crippen LogP contribution in [0.1, 0.15) is 72.5 Å². The molecule has 4 heteroatoms. The first-order valence-corrected chi connectivity index (χ1v) is 13.6. The minimum atomic E-state index is 0.885. The molecule has 4 rings (SSSR count). The van der Waals surface area contributed by atoms with Gasteiger partial charge in [0, 0.05) is 23.8 Å². The van der Waals surface area contributed by atoms with Crippen LogP contribution < -0.4 is 0 Å². The fourth-order valence-electron chi connectivity index (χ4n) is 5.16. The molecule has 0 atom stereocenters. The summed E-state index contributed by atoms with van der Waals surface area (Å²) >= 11 is 0. The standard InChI is InChI=1S/C32H40N4/c1-5-25-21-33-31(29(25)7-3)19-13-23-9-15-27(16-10-23)35-36-28-17-11-24(12-18-28)14-20-32-30(8-4)26(6-2)22-34-32/h9-12,15-18,21-22,33-34H,5-8,13-14,19-20H2,1-4H3. The molecule has 0 saturated heterocycles. The Morgan fingerprint density at radius 2 is 0.889 bits per heavy atom. The van der Waals surface area contributed by atoms with Crippen LogP contribution in [0, 0.1) is 0 Å². The third-order valence-electron chi connectivity index (χ3n) is 7.29. The Morgan fingerprint density at radius 1 is 0.500 bits per heavy atom. The number of aromatic nitrogens is 2. The average Bonchev–Trinajstić information content (AvgIpc) is 3.53. The second-order valence-electron chi connectivity index (χ2n) is 9.49. The SMILES string of the molecule is CCc1c[nH]c(CCc2ccc(N=Nc3ccc(CCc4[nH]cc(CC)c4CC)cc3)cc2)c1CC. The van der Waals surface area contributed by atoms with Gasteiger partial charge in [-0.2, -0.15) is 10.2 Å². The highest BCUT2D eigenvalue weighted by Gasteiger charge is 2.09. The fourth-order valence-corrected chi connectivity index (χ4v) is 5.16. The zero-order valence-electron chi connectivity index (χ0n) is 22.3. The lowest BCUT2D eigenvalue weighted by Gasteiger charge is -2.05. The number of H-pyrrole nitrogens is 2. The molecular weight excluding hydrogens is 440 g/mol. The molecule has 0 aliphatic heterocycles. The third-order valence-corrected chi connectivity index (χ3v) is 7.29. The Balaban J connectivity index is 1.29. The Labute approximate surface area is 216 Å². The zero-order valence-corrected chi connectivity index (χ0v) is 22.3. The van der Waals surface area contributed by atoms with Crippen LogP contribution in [0.4, 0.5) is 11.4 Å². The number of hydrogen-bond donors (Lipinski definition) is 2. The molecule has 188 valence electrons. The summed E-state index contributed by atoms with van der Waals surface area (Å²) in [6.07, 6.45) is 12.9. The minimum Gasteiger partial charge on any atom is -0.364 e. The summed E-state index contributed by atoms with van der Waals surface area (Å²) in [7, 11) is 0. The van der Waals surface area contributed by atoms with Crippen molar-refractivity contribution in [2.45, 2.75) is 79.1 Å². The van der Waals surface area contributed by atoms with Crippen LogP contribution in [-0.2, 0) is 51.4 Å². The summed E-state index contributed by atoms with van der Waals surface area (Å²) < 4.78 is 0. The van der Waals surface area contributed by atoms with E-state index >= 15 is 0 Å². The van der Waals surface area contributed by atoms with Gasteiger partial charge in [0.1, 0.15) is 0 Å².